The van der Waals surface area contributed by atoms with Gasteiger partial charge in [0.2, 0.25) is 0 Å². The lowest BCUT2D eigenvalue weighted by atomic mass is 9.90. The molecule has 2 nitrogen and oxygen atoms in total. The highest BCUT2D eigenvalue weighted by Crippen LogP contribution is 2.24. The number of hydrogen-bond donors (Lipinski definition) is 1. The number of carboxylic acid groups (broad SMARTS) is 1. The van der Waals surface area contributed by atoms with E-state index < -0.39 is 5.97 Å². The summed E-state index contributed by atoms with van der Waals surface area (Å²) in [6.45, 7) is 14.4. The molecular formula is C14H22O2. The third kappa shape index (κ3) is 3.37. The summed E-state index contributed by atoms with van der Waals surface area (Å²) in [5.41, 5.74) is 8.73. The van der Waals surface area contributed by atoms with Crippen molar-refractivity contribution in [1.82, 2.24) is 0 Å². The lowest BCUT2D eigenvalue weighted by Gasteiger charge is -2.15. The Labute approximate surface area is 98.3 Å². The fourth-order valence-electron chi connectivity index (χ4n) is 1.69. The molecule has 1 aromatic rings. The zero-order chi connectivity index (χ0) is 13.0. The van der Waals surface area contributed by atoms with Crippen LogP contribution in [0, 0.1) is 41.5 Å². The van der Waals surface area contributed by atoms with E-state index in [0.717, 1.165) is 6.92 Å². The lowest BCUT2D eigenvalue weighted by molar-refractivity contribution is -0.134. The van der Waals surface area contributed by atoms with E-state index in [4.69, 9.17) is 9.90 Å². The highest BCUT2D eigenvalue weighted by Gasteiger charge is 2.07. The van der Waals surface area contributed by atoms with Crippen molar-refractivity contribution < 1.29 is 9.90 Å². The van der Waals surface area contributed by atoms with Gasteiger partial charge in [0.05, 0.1) is 0 Å². The molecule has 0 aromatic heterocycles. The van der Waals surface area contributed by atoms with Gasteiger partial charge in [-0.2, -0.15) is 0 Å². The van der Waals surface area contributed by atoms with E-state index in [1.807, 2.05) is 0 Å². The van der Waals surface area contributed by atoms with Crippen LogP contribution in [0.4, 0.5) is 0 Å². The average molecular weight is 222 g/mol. The van der Waals surface area contributed by atoms with Crippen molar-refractivity contribution in [2.24, 2.45) is 0 Å². The number of benzene rings is 1. The summed E-state index contributed by atoms with van der Waals surface area (Å²) in [4.78, 5) is 9.00. The average Bonchev–Trinajstić information content (AvgIpc) is 2.20. The highest BCUT2D eigenvalue weighted by atomic mass is 16.4. The van der Waals surface area contributed by atoms with Gasteiger partial charge in [-0.15, -0.1) is 0 Å². The second-order valence-corrected chi connectivity index (χ2v) is 4.27. The molecule has 90 valence electrons. The van der Waals surface area contributed by atoms with Crippen molar-refractivity contribution in [3.05, 3.63) is 33.4 Å². The predicted octanol–water partition coefficient (Wildman–Crippen LogP) is 3.63. The zero-order valence-electron chi connectivity index (χ0n) is 11.4. The molecule has 0 radical (unpaired) electrons. The van der Waals surface area contributed by atoms with Crippen molar-refractivity contribution >= 4 is 5.97 Å². The molecule has 0 atom stereocenters. The van der Waals surface area contributed by atoms with Crippen LogP contribution in [-0.4, -0.2) is 11.1 Å². The molecule has 1 N–H and O–H groups in total. The van der Waals surface area contributed by atoms with Crippen LogP contribution < -0.4 is 0 Å². The summed E-state index contributed by atoms with van der Waals surface area (Å²) in [7, 11) is 0. The van der Waals surface area contributed by atoms with E-state index >= 15 is 0 Å². The highest BCUT2D eigenvalue weighted by molar-refractivity contribution is 5.62. The van der Waals surface area contributed by atoms with Crippen LogP contribution in [0.1, 0.15) is 40.3 Å². The minimum Gasteiger partial charge on any atom is -0.481 e. The van der Waals surface area contributed by atoms with Crippen molar-refractivity contribution in [3.63, 3.8) is 0 Å². The van der Waals surface area contributed by atoms with Gasteiger partial charge in [-0.25, -0.2) is 0 Å². The number of carbonyl (C=O) groups is 1. The van der Waals surface area contributed by atoms with Gasteiger partial charge in [-0.1, -0.05) is 0 Å². The molecule has 2 heteroatoms. The topological polar surface area (TPSA) is 37.3 Å². The first-order chi connectivity index (χ1) is 7.20. The molecule has 0 aliphatic carbocycles. The molecule has 16 heavy (non-hydrogen) atoms. The number of rotatable bonds is 0. The normalized spacial score (nSPS) is 9.44. The van der Waals surface area contributed by atoms with E-state index in [1.54, 1.807) is 0 Å². The fourth-order valence-corrected chi connectivity index (χ4v) is 1.69. The van der Waals surface area contributed by atoms with E-state index in [1.165, 1.54) is 33.4 Å². The van der Waals surface area contributed by atoms with Gasteiger partial charge in [0.1, 0.15) is 0 Å². The molecule has 0 saturated heterocycles. The van der Waals surface area contributed by atoms with Crippen LogP contribution in [0.15, 0.2) is 0 Å². The third-order valence-electron chi connectivity index (χ3n) is 3.38. The maximum atomic E-state index is 9.00. The van der Waals surface area contributed by atoms with Gasteiger partial charge in [0.25, 0.3) is 5.97 Å². The van der Waals surface area contributed by atoms with Crippen LogP contribution >= 0.6 is 0 Å². The standard InChI is InChI=1S/C12H18.C2H4O2/c1-7-8(2)10(4)12(6)11(5)9(7)3;1-2(3)4/h1-6H3;1H3,(H,3,4). The van der Waals surface area contributed by atoms with Crippen LogP contribution in [-0.2, 0) is 4.79 Å². The van der Waals surface area contributed by atoms with Crippen molar-refractivity contribution in [3.8, 4) is 0 Å². The van der Waals surface area contributed by atoms with Gasteiger partial charge in [0.15, 0.2) is 0 Å². The molecule has 0 aliphatic heterocycles. The number of aliphatic carboxylic acids is 1. The van der Waals surface area contributed by atoms with E-state index in [-0.39, 0.29) is 0 Å². The van der Waals surface area contributed by atoms with Crippen LogP contribution in [0.3, 0.4) is 0 Å². The summed E-state index contributed by atoms with van der Waals surface area (Å²) in [5, 5.41) is 7.42. The minimum absolute atomic E-state index is 0.833. The first-order valence-electron chi connectivity index (χ1n) is 5.43. The Morgan fingerprint density at radius 2 is 0.750 bits per heavy atom. The summed E-state index contributed by atoms with van der Waals surface area (Å²) >= 11 is 0. The Hall–Kier alpha value is -1.31. The monoisotopic (exact) mass is 222 g/mol. The SMILES string of the molecule is CC(=O)O.Cc1c(C)c(C)c(C)c(C)c1C. The van der Waals surface area contributed by atoms with Crippen molar-refractivity contribution in [2.75, 3.05) is 0 Å². The van der Waals surface area contributed by atoms with E-state index in [9.17, 15) is 0 Å². The third-order valence-corrected chi connectivity index (χ3v) is 3.38. The molecule has 1 rings (SSSR count). The zero-order valence-corrected chi connectivity index (χ0v) is 11.4. The Balaban J connectivity index is 0.000000487. The van der Waals surface area contributed by atoms with Gasteiger partial charge in [0, 0.05) is 6.92 Å². The van der Waals surface area contributed by atoms with Crippen molar-refractivity contribution in [1.29, 1.82) is 0 Å². The second-order valence-electron chi connectivity index (χ2n) is 4.27. The molecule has 0 aliphatic rings. The van der Waals surface area contributed by atoms with Gasteiger partial charge >= 0.3 is 0 Å². The Bertz CT molecular complexity index is 295. The van der Waals surface area contributed by atoms with E-state index in [0.29, 0.717) is 0 Å². The van der Waals surface area contributed by atoms with Crippen LogP contribution in [0.25, 0.3) is 0 Å². The summed E-state index contributed by atoms with van der Waals surface area (Å²) in [6, 6.07) is 0. The van der Waals surface area contributed by atoms with Gasteiger partial charge < -0.3 is 5.11 Å². The molecular weight excluding hydrogens is 200 g/mol. The fraction of sp³-hybridized carbons (Fsp3) is 0.500. The minimum atomic E-state index is -0.833. The summed E-state index contributed by atoms with van der Waals surface area (Å²) in [5.74, 6) is -0.833. The van der Waals surface area contributed by atoms with Crippen molar-refractivity contribution in [2.45, 2.75) is 48.5 Å². The molecule has 0 amide bonds. The molecule has 0 spiro atoms. The molecule has 0 unspecified atom stereocenters. The van der Waals surface area contributed by atoms with Crippen LogP contribution in [0.5, 0.6) is 0 Å². The molecule has 1 aromatic carbocycles. The Morgan fingerprint density at radius 3 is 0.812 bits per heavy atom. The first-order valence-corrected chi connectivity index (χ1v) is 5.43. The quantitative estimate of drug-likeness (QED) is 0.727. The maximum absolute atomic E-state index is 9.00. The van der Waals surface area contributed by atoms with E-state index in [2.05, 4.69) is 41.5 Å². The summed E-state index contributed by atoms with van der Waals surface area (Å²) in [6.07, 6.45) is 0. The van der Waals surface area contributed by atoms with Gasteiger partial charge in [-0.3, -0.25) is 4.79 Å². The Morgan fingerprint density at radius 1 is 0.688 bits per heavy atom. The molecule has 0 saturated carbocycles. The van der Waals surface area contributed by atoms with Gasteiger partial charge in [-0.05, 0) is 74.9 Å². The molecule has 0 fully saturated rings. The maximum Gasteiger partial charge on any atom is 0.300 e. The van der Waals surface area contributed by atoms with Crippen LogP contribution in [0.2, 0.25) is 0 Å². The molecule has 0 bridgehead atoms. The summed E-state index contributed by atoms with van der Waals surface area (Å²) < 4.78 is 0. The smallest absolute Gasteiger partial charge is 0.300 e. The second kappa shape index (κ2) is 5.69. The first kappa shape index (κ1) is 14.7. The lowest BCUT2D eigenvalue weighted by Crippen LogP contribution is -1.98. The number of hydrogen-bond acceptors (Lipinski definition) is 1. The predicted molar refractivity (Wildman–Crippen MR) is 68.2 cm³/mol. The largest absolute Gasteiger partial charge is 0.481 e. The number of carboxylic acids is 1. The Kier molecular flexibility index (Phi) is 5.22. The molecule has 0 heterocycles.